The van der Waals surface area contributed by atoms with Gasteiger partial charge in [-0.05, 0) is 30.9 Å². The Morgan fingerprint density at radius 1 is 1.27 bits per heavy atom. The highest BCUT2D eigenvalue weighted by atomic mass is 35.5. The van der Waals surface area contributed by atoms with Crippen LogP contribution in [0.4, 0.5) is 0 Å². The highest BCUT2D eigenvalue weighted by Gasteiger charge is 2.19. The molecule has 1 aliphatic carbocycles. The van der Waals surface area contributed by atoms with Gasteiger partial charge in [-0.1, -0.05) is 42.5 Å². The van der Waals surface area contributed by atoms with Gasteiger partial charge in [0.1, 0.15) is 4.88 Å². The first-order chi connectivity index (χ1) is 10.7. The molecule has 0 spiro atoms. The molecule has 1 heterocycles. The molecule has 112 valence electrons. The van der Waals surface area contributed by atoms with Gasteiger partial charge in [0, 0.05) is 11.6 Å². The third kappa shape index (κ3) is 3.68. The van der Waals surface area contributed by atoms with E-state index in [1.54, 1.807) is 12.3 Å². The number of rotatable bonds is 2. The maximum Gasteiger partial charge on any atom is 0.263 e. The van der Waals surface area contributed by atoms with Gasteiger partial charge in [-0.15, -0.1) is 11.3 Å². The molecule has 2 aromatic rings. The molecule has 1 aliphatic rings. The predicted octanol–water partition coefficient (Wildman–Crippen LogP) is 3.87. The summed E-state index contributed by atoms with van der Waals surface area (Å²) in [5.41, 5.74) is 0.760. The van der Waals surface area contributed by atoms with Crippen molar-refractivity contribution in [1.82, 2.24) is 10.3 Å². The topological polar surface area (TPSA) is 42.0 Å². The fraction of sp³-hybridized carbons (Fsp3) is 0.294. The molecule has 22 heavy (non-hydrogen) atoms. The van der Waals surface area contributed by atoms with Crippen LogP contribution in [0.2, 0.25) is 5.02 Å². The number of aromatic nitrogens is 1. The van der Waals surface area contributed by atoms with Crippen LogP contribution >= 0.6 is 22.9 Å². The molecule has 0 unspecified atom stereocenters. The summed E-state index contributed by atoms with van der Waals surface area (Å²) in [6.07, 6.45) is 6.13. The molecule has 5 heteroatoms. The van der Waals surface area contributed by atoms with Gasteiger partial charge in [0.2, 0.25) is 0 Å². The summed E-state index contributed by atoms with van der Waals surface area (Å²) in [4.78, 5) is 16.9. The van der Waals surface area contributed by atoms with Crippen molar-refractivity contribution in [3.63, 3.8) is 0 Å². The van der Waals surface area contributed by atoms with Crippen LogP contribution in [0.15, 0.2) is 30.5 Å². The van der Waals surface area contributed by atoms with E-state index in [4.69, 9.17) is 11.6 Å². The standard InChI is InChI=1S/C17H15ClN2OS/c18-14-8-4-1-5-12(14)9-10-16-19-11-15(22-16)17(21)20-13-6-2-3-7-13/h1,4-5,8,11,13H,2-3,6-7H2,(H,20,21). The van der Waals surface area contributed by atoms with E-state index in [1.807, 2.05) is 18.2 Å². The Morgan fingerprint density at radius 2 is 2.05 bits per heavy atom. The Morgan fingerprint density at radius 3 is 2.82 bits per heavy atom. The number of hydrogen-bond acceptors (Lipinski definition) is 3. The maximum atomic E-state index is 12.1. The molecule has 1 amide bonds. The van der Waals surface area contributed by atoms with Gasteiger partial charge >= 0.3 is 0 Å². The van der Waals surface area contributed by atoms with Crippen molar-refractivity contribution in [1.29, 1.82) is 0 Å². The molecule has 0 atom stereocenters. The zero-order chi connectivity index (χ0) is 15.4. The monoisotopic (exact) mass is 330 g/mol. The molecule has 0 saturated heterocycles. The zero-order valence-corrected chi connectivity index (χ0v) is 13.5. The molecule has 0 aliphatic heterocycles. The van der Waals surface area contributed by atoms with E-state index in [9.17, 15) is 4.79 Å². The summed E-state index contributed by atoms with van der Waals surface area (Å²) in [6.45, 7) is 0. The molecule has 0 bridgehead atoms. The van der Waals surface area contributed by atoms with Crippen LogP contribution in [0.3, 0.4) is 0 Å². The van der Waals surface area contributed by atoms with Gasteiger partial charge in [-0.25, -0.2) is 4.98 Å². The summed E-state index contributed by atoms with van der Waals surface area (Å²) in [7, 11) is 0. The summed E-state index contributed by atoms with van der Waals surface area (Å²) in [5, 5.41) is 4.29. The summed E-state index contributed by atoms with van der Waals surface area (Å²) in [5.74, 6) is 5.91. The third-order valence-electron chi connectivity index (χ3n) is 3.60. The Hall–Kier alpha value is -1.83. The van der Waals surface area contributed by atoms with Crippen molar-refractivity contribution in [3.05, 3.63) is 50.9 Å². The lowest BCUT2D eigenvalue weighted by Gasteiger charge is -2.09. The molecule has 1 aromatic carbocycles. The largest absolute Gasteiger partial charge is 0.349 e. The lowest BCUT2D eigenvalue weighted by atomic mass is 10.2. The van der Waals surface area contributed by atoms with Gasteiger partial charge in [-0.3, -0.25) is 4.79 Å². The molecule has 3 nitrogen and oxygen atoms in total. The number of benzene rings is 1. The van der Waals surface area contributed by atoms with Crippen LogP contribution in [0.25, 0.3) is 0 Å². The average Bonchev–Trinajstić information content (AvgIpc) is 3.18. The highest BCUT2D eigenvalue weighted by molar-refractivity contribution is 7.14. The lowest BCUT2D eigenvalue weighted by Crippen LogP contribution is -2.31. The molecule has 1 saturated carbocycles. The second-order valence-electron chi connectivity index (χ2n) is 5.21. The van der Waals surface area contributed by atoms with Crippen LogP contribution in [0.5, 0.6) is 0 Å². The Labute approximate surface area is 138 Å². The summed E-state index contributed by atoms with van der Waals surface area (Å²) < 4.78 is 0. The minimum absolute atomic E-state index is 0.0461. The van der Waals surface area contributed by atoms with Crippen molar-refractivity contribution >= 4 is 28.8 Å². The number of nitrogens with zero attached hydrogens (tertiary/aromatic N) is 1. The molecular weight excluding hydrogens is 316 g/mol. The number of carbonyl (C=O) groups excluding carboxylic acids is 1. The lowest BCUT2D eigenvalue weighted by molar-refractivity contribution is 0.0942. The van der Waals surface area contributed by atoms with E-state index >= 15 is 0 Å². The fourth-order valence-corrected chi connectivity index (χ4v) is 3.30. The number of nitrogens with one attached hydrogen (secondary N) is 1. The van der Waals surface area contributed by atoms with Gasteiger partial charge in [0.05, 0.1) is 11.2 Å². The van der Waals surface area contributed by atoms with E-state index in [1.165, 1.54) is 24.2 Å². The molecule has 3 rings (SSSR count). The minimum atomic E-state index is -0.0461. The van der Waals surface area contributed by atoms with Crippen LogP contribution in [-0.4, -0.2) is 16.9 Å². The Kier molecular flexibility index (Phi) is 4.77. The van der Waals surface area contributed by atoms with E-state index < -0.39 is 0 Å². The number of amides is 1. The SMILES string of the molecule is O=C(NC1CCCC1)c1cnc(C#Cc2ccccc2Cl)s1. The van der Waals surface area contributed by atoms with Gasteiger partial charge in [0.15, 0.2) is 5.01 Å². The van der Waals surface area contributed by atoms with Crippen molar-refractivity contribution in [2.24, 2.45) is 0 Å². The summed E-state index contributed by atoms with van der Waals surface area (Å²) in [6, 6.07) is 7.72. The number of halogens is 1. The van der Waals surface area contributed by atoms with E-state index in [0.29, 0.717) is 20.9 Å². The zero-order valence-electron chi connectivity index (χ0n) is 11.9. The smallest absolute Gasteiger partial charge is 0.263 e. The van der Waals surface area contributed by atoms with Crippen LogP contribution in [-0.2, 0) is 0 Å². The minimum Gasteiger partial charge on any atom is -0.349 e. The first-order valence-electron chi connectivity index (χ1n) is 7.25. The van der Waals surface area contributed by atoms with Crippen LogP contribution in [0, 0.1) is 11.8 Å². The van der Waals surface area contributed by atoms with Crippen molar-refractivity contribution in [2.45, 2.75) is 31.7 Å². The average molecular weight is 331 g/mol. The Balaban J connectivity index is 1.69. The van der Waals surface area contributed by atoms with Crippen molar-refractivity contribution in [3.8, 4) is 11.8 Å². The number of carbonyl (C=O) groups is 1. The number of hydrogen-bond donors (Lipinski definition) is 1. The number of thiazole rings is 1. The van der Waals surface area contributed by atoms with E-state index in [-0.39, 0.29) is 5.91 Å². The van der Waals surface area contributed by atoms with E-state index in [2.05, 4.69) is 22.1 Å². The third-order valence-corrected chi connectivity index (χ3v) is 4.84. The summed E-state index contributed by atoms with van der Waals surface area (Å²) >= 11 is 7.37. The highest BCUT2D eigenvalue weighted by Crippen LogP contribution is 2.19. The first-order valence-corrected chi connectivity index (χ1v) is 8.45. The predicted molar refractivity (Wildman–Crippen MR) is 89.3 cm³/mol. The van der Waals surface area contributed by atoms with E-state index in [0.717, 1.165) is 18.4 Å². The molecule has 1 fully saturated rings. The van der Waals surface area contributed by atoms with Crippen molar-refractivity contribution < 1.29 is 4.79 Å². The molecular formula is C17H15ClN2OS. The second-order valence-corrected chi connectivity index (χ2v) is 6.65. The normalized spacial score (nSPS) is 14.4. The maximum absolute atomic E-state index is 12.1. The molecule has 1 N–H and O–H groups in total. The second kappa shape index (κ2) is 6.95. The quantitative estimate of drug-likeness (QED) is 0.849. The first kappa shape index (κ1) is 15.1. The molecule has 1 aromatic heterocycles. The Bertz CT molecular complexity index is 738. The van der Waals surface area contributed by atoms with Gasteiger partial charge < -0.3 is 5.32 Å². The van der Waals surface area contributed by atoms with Gasteiger partial charge in [0.25, 0.3) is 5.91 Å². The fourth-order valence-electron chi connectivity index (χ4n) is 2.45. The van der Waals surface area contributed by atoms with Crippen LogP contribution < -0.4 is 5.32 Å². The van der Waals surface area contributed by atoms with Crippen LogP contribution in [0.1, 0.15) is 45.9 Å². The molecule has 0 radical (unpaired) electrons. The van der Waals surface area contributed by atoms with Gasteiger partial charge in [-0.2, -0.15) is 0 Å². The van der Waals surface area contributed by atoms with Crippen molar-refractivity contribution in [2.75, 3.05) is 0 Å².